The highest BCUT2D eigenvalue weighted by Crippen LogP contribution is 2.31. The van der Waals surface area contributed by atoms with Gasteiger partial charge in [0.2, 0.25) is 5.78 Å². The summed E-state index contributed by atoms with van der Waals surface area (Å²) in [7, 11) is 0. The lowest BCUT2D eigenvalue weighted by Crippen LogP contribution is -2.01. The average Bonchev–Trinajstić information content (AvgIpc) is 2.89. The van der Waals surface area contributed by atoms with Crippen LogP contribution in [0.15, 0.2) is 55.1 Å². The fraction of sp³-hybridized carbons (Fsp3) is 0. The average molecular weight is 317 g/mol. The summed E-state index contributed by atoms with van der Waals surface area (Å²) in [6, 6.07) is 13.4. The van der Waals surface area contributed by atoms with E-state index in [1.807, 2.05) is 12.1 Å². The Morgan fingerprint density at radius 1 is 1.14 bits per heavy atom. The molecule has 1 heterocycles. The Morgan fingerprint density at radius 3 is 2.67 bits per heavy atom. The van der Waals surface area contributed by atoms with Crippen LogP contribution in [0.4, 0.5) is 4.39 Å². The molecule has 3 aromatic rings. The molecule has 0 bridgehead atoms. The maximum Gasteiger partial charge on any atom is 0.203 e. The largest absolute Gasteiger partial charge is 0.288 e. The van der Waals surface area contributed by atoms with E-state index in [4.69, 9.17) is 11.6 Å². The SMILES string of the molecule is C=C(C(=O)c1cc2ccc(Cl)cc2s1)c1ccccc1F. The van der Waals surface area contributed by atoms with Crippen molar-refractivity contribution in [3.05, 3.63) is 76.4 Å². The lowest BCUT2D eigenvalue weighted by molar-refractivity contribution is 0.106. The number of halogens is 2. The van der Waals surface area contributed by atoms with Gasteiger partial charge >= 0.3 is 0 Å². The van der Waals surface area contributed by atoms with Gasteiger partial charge in [-0.15, -0.1) is 11.3 Å². The molecule has 2 aromatic carbocycles. The second kappa shape index (κ2) is 5.43. The number of thiophene rings is 1. The molecule has 0 saturated carbocycles. The predicted molar refractivity (Wildman–Crippen MR) is 86.6 cm³/mol. The van der Waals surface area contributed by atoms with E-state index in [1.54, 1.807) is 30.3 Å². The molecule has 0 aliphatic heterocycles. The molecule has 104 valence electrons. The molecule has 0 aliphatic rings. The second-order valence-corrected chi connectivity index (χ2v) is 6.10. The highest BCUT2D eigenvalue weighted by atomic mass is 35.5. The van der Waals surface area contributed by atoms with Crippen LogP contribution in [0, 0.1) is 5.82 Å². The van der Waals surface area contributed by atoms with Gasteiger partial charge in [-0.1, -0.05) is 42.4 Å². The van der Waals surface area contributed by atoms with Gasteiger partial charge in [-0.25, -0.2) is 4.39 Å². The number of Topliss-reactive ketones (excluding diaryl/α,β-unsaturated/α-hetero) is 1. The molecule has 0 saturated heterocycles. The Hall–Kier alpha value is -1.97. The Labute approximate surface area is 130 Å². The lowest BCUT2D eigenvalue weighted by Gasteiger charge is -2.04. The van der Waals surface area contributed by atoms with Gasteiger partial charge in [-0.2, -0.15) is 0 Å². The van der Waals surface area contributed by atoms with E-state index in [9.17, 15) is 9.18 Å². The number of ketones is 1. The zero-order valence-electron chi connectivity index (χ0n) is 10.9. The first-order chi connectivity index (χ1) is 10.1. The molecule has 1 aromatic heterocycles. The number of carbonyl (C=O) groups is 1. The van der Waals surface area contributed by atoms with Crippen LogP contribution in [-0.2, 0) is 0 Å². The van der Waals surface area contributed by atoms with E-state index in [-0.39, 0.29) is 16.9 Å². The second-order valence-electron chi connectivity index (χ2n) is 4.58. The normalized spacial score (nSPS) is 10.8. The summed E-state index contributed by atoms with van der Waals surface area (Å²) in [5.74, 6) is -0.711. The Bertz CT molecular complexity index is 866. The van der Waals surface area contributed by atoms with Gasteiger partial charge in [-0.05, 0) is 29.7 Å². The van der Waals surface area contributed by atoms with Gasteiger partial charge in [0.15, 0.2) is 0 Å². The minimum absolute atomic E-state index is 0.158. The number of hydrogen-bond donors (Lipinski definition) is 0. The summed E-state index contributed by atoms with van der Waals surface area (Å²) >= 11 is 7.27. The monoisotopic (exact) mass is 316 g/mol. The summed E-state index contributed by atoms with van der Waals surface area (Å²) in [5.41, 5.74) is 0.392. The summed E-state index contributed by atoms with van der Waals surface area (Å²) < 4.78 is 14.7. The van der Waals surface area contributed by atoms with Crippen LogP contribution in [0.3, 0.4) is 0 Å². The van der Waals surface area contributed by atoms with Crippen LogP contribution < -0.4 is 0 Å². The van der Waals surface area contributed by atoms with E-state index in [0.29, 0.717) is 9.90 Å². The molecule has 0 fully saturated rings. The quantitative estimate of drug-likeness (QED) is 0.454. The topological polar surface area (TPSA) is 17.1 Å². The van der Waals surface area contributed by atoms with Crippen molar-refractivity contribution < 1.29 is 9.18 Å². The highest BCUT2D eigenvalue weighted by Gasteiger charge is 2.17. The Morgan fingerprint density at radius 2 is 1.90 bits per heavy atom. The van der Waals surface area contributed by atoms with Crippen LogP contribution >= 0.6 is 22.9 Å². The number of benzene rings is 2. The summed E-state index contributed by atoms with van der Waals surface area (Å²) in [4.78, 5) is 13.0. The minimum Gasteiger partial charge on any atom is -0.288 e. The van der Waals surface area contributed by atoms with Crippen LogP contribution in [0.2, 0.25) is 5.02 Å². The molecule has 0 radical (unpaired) electrons. The fourth-order valence-electron chi connectivity index (χ4n) is 2.09. The molecule has 0 N–H and O–H groups in total. The number of fused-ring (bicyclic) bond motifs is 1. The van der Waals surface area contributed by atoms with Crippen LogP contribution in [0.5, 0.6) is 0 Å². The third kappa shape index (κ3) is 2.62. The van der Waals surface area contributed by atoms with E-state index in [2.05, 4.69) is 6.58 Å². The zero-order valence-corrected chi connectivity index (χ0v) is 12.5. The molecule has 4 heteroatoms. The van der Waals surface area contributed by atoms with Gasteiger partial charge in [0, 0.05) is 20.9 Å². The van der Waals surface area contributed by atoms with Gasteiger partial charge in [0.25, 0.3) is 0 Å². The summed E-state index contributed by atoms with van der Waals surface area (Å²) in [6.45, 7) is 3.74. The highest BCUT2D eigenvalue weighted by molar-refractivity contribution is 7.21. The van der Waals surface area contributed by atoms with Crippen LogP contribution in [0.1, 0.15) is 15.2 Å². The van der Waals surface area contributed by atoms with Crippen molar-refractivity contribution >= 4 is 44.4 Å². The molecule has 0 amide bonds. The van der Waals surface area contributed by atoms with Crippen LogP contribution in [0.25, 0.3) is 15.7 Å². The van der Waals surface area contributed by atoms with Crippen molar-refractivity contribution in [2.75, 3.05) is 0 Å². The minimum atomic E-state index is -0.444. The smallest absolute Gasteiger partial charge is 0.203 e. The first-order valence-electron chi connectivity index (χ1n) is 6.24. The first kappa shape index (κ1) is 14.0. The molecule has 1 nitrogen and oxygen atoms in total. The van der Waals surface area contributed by atoms with Gasteiger partial charge < -0.3 is 0 Å². The van der Waals surface area contributed by atoms with E-state index in [0.717, 1.165) is 10.1 Å². The summed E-state index contributed by atoms with van der Waals surface area (Å²) in [6.07, 6.45) is 0. The molecular weight excluding hydrogens is 307 g/mol. The Kier molecular flexibility index (Phi) is 3.62. The zero-order chi connectivity index (χ0) is 15.0. The van der Waals surface area contributed by atoms with Crippen molar-refractivity contribution in [1.82, 2.24) is 0 Å². The van der Waals surface area contributed by atoms with E-state index < -0.39 is 5.82 Å². The molecular formula is C17H10ClFOS. The number of allylic oxidation sites excluding steroid dienone is 1. The number of carbonyl (C=O) groups excluding carboxylic acids is 1. The van der Waals surface area contributed by atoms with Crippen molar-refractivity contribution in [3.8, 4) is 0 Å². The van der Waals surface area contributed by atoms with Crippen LogP contribution in [-0.4, -0.2) is 5.78 Å². The van der Waals surface area contributed by atoms with Gasteiger partial charge in [0.05, 0.1) is 4.88 Å². The van der Waals surface area contributed by atoms with E-state index in [1.165, 1.54) is 17.4 Å². The van der Waals surface area contributed by atoms with Crippen molar-refractivity contribution in [3.63, 3.8) is 0 Å². The maximum absolute atomic E-state index is 13.7. The molecule has 3 rings (SSSR count). The first-order valence-corrected chi connectivity index (χ1v) is 7.43. The standard InChI is InChI=1S/C17H10ClFOS/c1-10(13-4-2-3-5-14(13)19)17(20)16-8-11-6-7-12(18)9-15(11)21-16/h2-9H,1H2. The van der Waals surface area contributed by atoms with Gasteiger partial charge in [-0.3, -0.25) is 4.79 Å². The molecule has 0 atom stereocenters. The third-order valence-corrected chi connectivity index (χ3v) is 4.51. The molecule has 0 unspecified atom stereocenters. The third-order valence-electron chi connectivity index (χ3n) is 3.18. The lowest BCUT2D eigenvalue weighted by atomic mass is 10.0. The summed E-state index contributed by atoms with van der Waals surface area (Å²) in [5, 5.41) is 1.56. The predicted octanol–water partition coefficient (Wildman–Crippen LogP) is 5.59. The number of hydrogen-bond acceptors (Lipinski definition) is 2. The van der Waals surface area contributed by atoms with E-state index >= 15 is 0 Å². The number of rotatable bonds is 3. The molecule has 0 spiro atoms. The van der Waals surface area contributed by atoms with Gasteiger partial charge in [0.1, 0.15) is 5.82 Å². The molecule has 0 aliphatic carbocycles. The van der Waals surface area contributed by atoms with Crippen molar-refractivity contribution in [1.29, 1.82) is 0 Å². The van der Waals surface area contributed by atoms with Crippen molar-refractivity contribution in [2.24, 2.45) is 0 Å². The maximum atomic E-state index is 13.7. The fourth-order valence-corrected chi connectivity index (χ4v) is 3.40. The molecule has 21 heavy (non-hydrogen) atoms. The van der Waals surface area contributed by atoms with Crippen molar-refractivity contribution in [2.45, 2.75) is 0 Å². The Balaban J connectivity index is 2.00.